The summed E-state index contributed by atoms with van der Waals surface area (Å²) >= 11 is 0. The number of aromatic nitrogens is 1. The fourth-order valence-corrected chi connectivity index (χ4v) is 4.25. The third-order valence-electron chi connectivity index (χ3n) is 5.97. The highest BCUT2D eigenvalue weighted by atomic mass is 19.1. The Labute approximate surface area is 194 Å². The number of rotatable bonds is 7. The Kier molecular flexibility index (Phi) is 7.35. The van der Waals surface area contributed by atoms with E-state index in [2.05, 4.69) is 33.4 Å². The molecule has 0 spiro atoms. The number of benzene rings is 2. The number of hydrogen-bond donors (Lipinski definition) is 1. The van der Waals surface area contributed by atoms with Gasteiger partial charge in [-0.1, -0.05) is 24.3 Å². The van der Waals surface area contributed by atoms with Gasteiger partial charge in [-0.25, -0.2) is 4.39 Å². The van der Waals surface area contributed by atoms with Crippen LogP contribution in [0.5, 0.6) is 5.75 Å². The maximum atomic E-state index is 13.3. The van der Waals surface area contributed by atoms with Crippen molar-refractivity contribution in [1.29, 1.82) is 0 Å². The van der Waals surface area contributed by atoms with Crippen molar-refractivity contribution < 1.29 is 13.9 Å². The van der Waals surface area contributed by atoms with Crippen LogP contribution in [-0.2, 0) is 6.54 Å². The van der Waals surface area contributed by atoms with Crippen molar-refractivity contribution in [2.24, 2.45) is 0 Å². The summed E-state index contributed by atoms with van der Waals surface area (Å²) in [5, 5.41) is 3.15. The van der Waals surface area contributed by atoms with Crippen LogP contribution in [0.4, 0.5) is 4.39 Å². The zero-order valence-corrected chi connectivity index (χ0v) is 19.2. The normalized spacial score (nSPS) is 14.8. The van der Waals surface area contributed by atoms with Crippen molar-refractivity contribution in [3.05, 3.63) is 83.4 Å². The van der Waals surface area contributed by atoms with E-state index < -0.39 is 0 Å². The lowest BCUT2D eigenvalue weighted by atomic mass is 10.0. The minimum Gasteiger partial charge on any atom is -0.493 e. The van der Waals surface area contributed by atoms with Crippen LogP contribution in [0.15, 0.2) is 60.9 Å². The van der Waals surface area contributed by atoms with Crippen molar-refractivity contribution in [2.75, 3.05) is 19.7 Å². The monoisotopic (exact) mass is 447 g/mol. The third-order valence-corrected chi connectivity index (χ3v) is 5.97. The van der Waals surface area contributed by atoms with Gasteiger partial charge in [-0.15, -0.1) is 0 Å². The van der Waals surface area contributed by atoms with Gasteiger partial charge in [-0.2, -0.15) is 0 Å². The molecular formula is C27H30FN3O2. The van der Waals surface area contributed by atoms with Gasteiger partial charge in [0.2, 0.25) is 0 Å². The molecule has 1 amide bonds. The molecule has 0 atom stereocenters. The SMILES string of the molecule is CCOc1cc(CN2CCC(NC(=O)c3cncc(C)c3)CC2)ccc1-c1ccc(F)cc1. The first-order chi connectivity index (χ1) is 16.0. The smallest absolute Gasteiger partial charge is 0.253 e. The molecule has 5 nitrogen and oxygen atoms in total. The van der Waals surface area contributed by atoms with E-state index in [9.17, 15) is 9.18 Å². The number of aryl methyl sites for hydroxylation is 1. The van der Waals surface area contributed by atoms with E-state index in [0.717, 1.165) is 54.9 Å². The van der Waals surface area contributed by atoms with Crippen molar-refractivity contribution in [3.63, 3.8) is 0 Å². The number of nitrogens with one attached hydrogen (secondary N) is 1. The van der Waals surface area contributed by atoms with Crippen molar-refractivity contribution in [2.45, 2.75) is 39.3 Å². The van der Waals surface area contributed by atoms with Crippen LogP contribution in [0.1, 0.15) is 41.3 Å². The maximum Gasteiger partial charge on any atom is 0.253 e. The third kappa shape index (κ3) is 5.96. The largest absolute Gasteiger partial charge is 0.493 e. The van der Waals surface area contributed by atoms with Crippen LogP contribution < -0.4 is 10.1 Å². The van der Waals surface area contributed by atoms with E-state index >= 15 is 0 Å². The molecule has 0 bridgehead atoms. The average molecular weight is 448 g/mol. The number of halogens is 1. The number of ether oxygens (including phenoxy) is 1. The highest BCUT2D eigenvalue weighted by molar-refractivity contribution is 5.94. The lowest BCUT2D eigenvalue weighted by Crippen LogP contribution is -2.44. The van der Waals surface area contributed by atoms with E-state index in [4.69, 9.17) is 4.74 Å². The molecule has 2 aromatic carbocycles. The molecule has 6 heteroatoms. The predicted molar refractivity (Wildman–Crippen MR) is 128 cm³/mol. The van der Waals surface area contributed by atoms with Crippen molar-refractivity contribution in [1.82, 2.24) is 15.2 Å². The zero-order valence-electron chi connectivity index (χ0n) is 19.2. The number of amides is 1. The molecule has 0 aliphatic carbocycles. The lowest BCUT2D eigenvalue weighted by molar-refractivity contribution is 0.0908. The van der Waals surface area contributed by atoms with E-state index in [1.807, 2.05) is 19.9 Å². The van der Waals surface area contributed by atoms with Crippen LogP contribution in [0.3, 0.4) is 0 Å². The van der Waals surface area contributed by atoms with E-state index in [1.165, 1.54) is 17.7 Å². The Morgan fingerprint density at radius 2 is 1.88 bits per heavy atom. The number of nitrogens with zero attached hydrogens (tertiary/aromatic N) is 2. The topological polar surface area (TPSA) is 54.5 Å². The molecule has 1 aliphatic heterocycles. The van der Waals surface area contributed by atoms with Gasteiger partial charge in [0.25, 0.3) is 5.91 Å². The molecule has 4 rings (SSSR count). The summed E-state index contributed by atoms with van der Waals surface area (Å²) in [5.74, 6) is 0.515. The standard InChI is InChI=1S/C27H30FN3O2/c1-3-33-26-15-20(4-9-25(26)21-5-7-23(28)8-6-21)18-31-12-10-24(11-13-31)30-27(32)22-14-19(2)16-29-17-22/h4-9,14-17,24H,3,10-13,18H2,1-2H3,(H,30,32). The molecule has 1 N–H and O–H groups in total. The van der Waals surface area contributed by atoms with Crippen LogP contribution in [0, 0.1) is 12.7 Å². The Balaban J connectivity index is 1.35. The molecule has 0 saturated carbocycles. The molecule has 33 heavy (non-hydrogen) atoms. The molecule has 1 aromatic heterocycles. The van der Waals surface area contributed by atoms with Crippen LogP contribution >= 0.6 is 0 Å². The second-order valence-corrected chi connectivity index (χ2v) is 8.55. The van der Waals surface area contributed by atoms with Crippen LogP contribution in [0.25, 0.3) is 11.1 Å². The highest BCUT2D eigenvalue weighted by Crippen LogP contribution is 2.32. The van der Waals surface area contributed by atoms with Gasteiger partial charge in [-0.3, -0.25) is 14.7 Å². The van der Waals surface area contributed by atoms with Crippen LogP contribution in [0.2, 0.25) is 0 Å². The fourth-order valence-electron chi connectivity index (χ4n) is 4.25. The van der Waals surface area contributed by atoms with Crippen molar-refractivity contribution >= 4 is 5.91 Å². The highest BCUT2D eigenvalue weighted by Gasteiger charge is 2.22. The van der Waals surface area contributed by atoms with E-state index in [1.54, 1.807) is 24.5 Å². The predicted octanol–water partition coefficient (Wildman–Crippen LogP) is 4.99. The van der Waals surface area contributed by atoms with Crippen molar-refractivity contribution in [3.8, 4) is 16.9 Å². The zero-order chi connectivity index (χ0) is 23.2. The first kappa shape index (κ1) is 22.9. The van der Waals surface area contributed by atoms with Gasteiger partial charge < -0.3 is 10.1 Å². The van der Waals surface area contributed by atoms with Gasteiger partial charge in [0.15, 0.2) is 0 Å². The Morgan fingerprint density at radius 1 is 1.12 bits per heavy atom. The second kappa shape index (κ2) is 10.6. The molecule has 172 valence electrons. The quantitative estimate of drug-likeness (QED) is 0.555. The molecular weight excluding hydrogens is 417 g/mol. The number of hydrogen-bond acceptors (Lipinski definition) is 4. The summed E-state index contributed by atoms with van der Waals surface area (Å²) < 4.78 is 19.2. The number of piperidine rings is 1. The molecule has 2 heterocycles. The number of pyridine rings is 1. The van der Waals surface area contributed by atoms with Gasteiger partial charge in [0, 0.05) is 43.6 Å². The minimum atomic E-state index is -0.247. The summed E-state index contributed by atoms with van der Waals surface area (Å²) in [6.45, 7) is 7.13. The fraction of sp³-hybridized carbons (Fsp3) is 0.333. The minimum absolute atomic E-state index is 0.0533. The molecule has 1 fully saturated rings. The first-order valence-corrected chi connectivity index (χ1v) is 11.5. The van der Waals surface area contributed by atoms with Crippen LogP contribution in [-0.4, -0.2) is 41.5 Å². The number of likely N-dealkylation sites (tertiary alicyclic amines) is 1. The van der Waals surface area contributed by atoms with Gasteiger partial charge in [-0.05, 0) is 67.6 Å². The molecule has 0 radical (unpaired) electrons. The first-order valence-electron chi connectivity index (χ1n) is 11.5. The summed E-state index contributed by atoms with van der Waals surface area (Å²) in [4.78, 5) is 19.0. The second-order valence-electron chi connectivity index (χ2n) is 8.55. The maximum absolute atomic E-state index is 13.3. The van der Waals surface area contributed by atoms with E-state index in [-0.39, 0.29) is 17.8 Å². The van der Waals surface area contributed by atoms with Gasteiger partial charge in [0.1, 0.15) is 11.6 Å². The average Bonchev–Trinajstić information content (AvgIpc) is 2.81. The summed E-state index contributed by atoms with van der Waals surface area (Å²) in [6.07, 6.45) is 5.19. The number of carbonyl (C=O) groups excluding carboxylic acids is 1. The summed E-state index contributed by atoms with van der Waals surface area (Å²) in [6, 6.07) is 14.8. The lowest BCUT2D eigenvalue weighted by Gasteiger charge is -2.32. The summed E-state index contributed by atoms with van der Waals surface area (Å²) in [7, 11) is 0. The molecule has 1 saturated heterocycles. The van der Waals surface area contributed by atoms with Gasteiger partial charge >= 0.3 is 0 Å². The Morgan fingerprint density at radius 3 is 2.58 bits per heavy atom. The molecule has 0 unspecified atom stereocenters. The summed E-state index contributed by atoms with van der Waals surface area (Å²) in [5.41, 5.74) is 4.67. The van der Waals surface area contributed by atoms with E-state index in [0.29, 0.717) is 12.2 Å². The molecule has 1 aliphatic rings. The van der Waals surface area contributed by atoms with Gasteiger partial charge in [0.05, 0.1) is 12.2 Å². The Hall–Kier alpha value is -3.25. The Bertz CT molecular complexity index is 1090. The number of carbonyl (C=O) groups is 1. The molecule has 3 aromatic rings.